The Balaban J connectivity index is 1.89. The normalized spacial score (nSPS) is 65.0. The van der Waals surface area contributed by atoms with Gasteiger partial charge in [0.15, 0.2) is 0 Å². The monoisotopic (exact) mass is 166 g/mol. The van der Waals surface area contributed by atoms with E-state index in [-0.39, 0.29) is 11.2 Å². The van der Waals surface area contributed by atoms with Crippen molar-refractivity contribution in [2.24, 2.45) is 17.3 Å². The van der Waals surface area contributed by atoms with Gasteiger partial charge in [0.2, 0.25) is 0 Å². The van der Waals surface area contributed by atoms with Gasteiger partial charge < -0.3 is 4.74 Å². The molecule has 0 amide bonds. The molecule has 1 nitrogen and oxygen atoms in total. The summed E-state index contributed by atoms with van der Waals surface area (Å²) in [6.45, 7) is 9.41. The lowest BCUT2D eigenvalue weighted by molar-refractivity contribution is 0.258. The molecule has 12 heavy (non-hydrogen) atoms. The number of epoxide rings is 1. The van der Waals surface area contributed by atoms with Crippen LogP contribution in [0, 0.1) is 17.3 Å². The third-order valence-electron chi connectivity index (χ3n) is 5.03. The molecule has 4 unspecified atom stereocenters. The molecule has 3 fully saturated rings. The second-order valence-electron chi connectivity index (χ2n) is 6.01. The van der Waals surface area contributed by atoms with E-state index in [1.807, 2.05) is 0 Å². The van der Waals surface area contributed by atoms with Crippen molar-refractivity contribution in [3.8, 4) is 0 Å². The second-order valence-corrected chi connectivity index (χ2v) is 6.01. The van der Waals surface area contributed by atoms with Gasteiger partial charge in [-0.3, -0.25) is 0 Å². The van der Waals surface area contributed by atoms with Crippen LogP contribution < -0.4 is 0 Å². The van der Waals surface area contributed by atoms with Crippen molar-refractivity contribution < 1.29 is 4.74 Å². The minimum atomic E-state index is 0.252. The SMILES string of the molecule is CC1(C)C2CC3(C)OC3(C)CC21. The molecule has 2 aliphatic carbocycles. The van der Waals surface area contributed by atoms with Gasteiger partial charge in [-0.25, -0.2) is 0 Å². The maximum absolute atomic E-state index is 5.85. The van der Waals surface area contributed by atoms with Gasteiger partial charge in [0, 0.05) is 0 Å². The van der Waals surface area contributed by atoms with Gasteiger partial charge in [0.05, 0.1) is 11.2 Å². The molecule has 3 rings (SSSR count). The molecule has 0 bridgehead atoms. The van der Waals surface area contributed by atoms with E-state index in [0.29, 0.717) is 5.41 Å². The topological polar surface area (TPSA) is 12.5 Å². The fourth-order valence-electron chi connectivity index (χ4n) is 3.49. The zero-order valence-corrected chi connectivity index (χ0v) is 8.48. The first-order valence-electron chi connectivity index (χ1n) is 5.09. The molecule has 1 heterocycles. The second kappa shape index (κ2) is 1.50. The average Bonchev–Trinajstić information content (AvgIpc) is 2.63. The summed E-state index contributed by atoms with van der Waals surface area (Å²) in [5.74, 6) is 1.91. The summed E-state index contributed by atoms with van der Waals surface area (Å²) in [4.78, 5) is 0. The van der Waals surface area contributed by atoms with E-state index < -0.39 is 0 Å². The lowest BCUT2D eigenvalue weighted by Gasteiger charge is -2.16. The summed E-state index contributed by atoms with van der Waals surface area (Å²) in [5.41, 5.74) is 1.13. The van der Waals surface area contributed by atoms with E-state index in [0.717, 1.165) is 11.8 Å². The lowest BCUT2D eigenvalue weighted by Crippen LogP contribution is -2.25. The molecule has 0 aromatic rings. The Labute approximate surface area is 74.5 Å². The first kappa shape index (κ1) is 7.37. The van der Waals surface area contributed by atoms with Gasteiger partial charge in [0.25, 0.3) is 0 Å². The van der Waals surface area contributed by atoms with E-state index >= 15 is 0 Å². The molecule has 2 saturated carbocycles. The Morgan fingerprint density at radius 3 is 1.75 bits per heavy atom. The van der Waals surface area contributed by atoms with Gasteiger partial charge in [-0.2, -0.15) is 0 Å². The van der Waals surface area contributed by atoms with E-state index in [2.05, 4.69) is 27.7 Å². The van der Waals surface area contributed by atoms with Crippen LogP contribution in [0.15, 0.2) is 0 Å². The smallest absolute Gasteiger partial charge is 0.0952 e. The fraction of sp³-hybridized carbons (Fsp3) is 1.00. The third kappa shape index (κ3) is 0.585. The van der Waals surface area contributed by atoms with Crippen molar-refractivity contribution in [2.75, 3.05) is 0 Å². The Hall–Kier alpha value is -0.0400. The van der Waals surface area contributed by atoms with Crippen LogP contribution in [0.1, 0.15) is 40.5 Å². The van der Waals surface area contributed by atoms with Crippen LogP contribution >= 0.6 is 0 Å². The highest BCUT2D eigenvalue weighted by Gasteiger charge is 2.76. The first-order valence-corrected chi connectivity index (χ1v) is 5.09. The molecule has 0 N–H and O–H groups in total. The fourth-order valence-corrected chi connectivity index (χ4v) is 3.49. The quantitative estimate of drug-likeness (QED) is 0.504. The number of hydrogen-bond donors (Lipinski definition) is 0. The van der Waals surface area contributed by atoms with Gasteiger partial charge in [-0.15, -0.1) is 0 Å². The summed E-state index contributed by atoms with van der Waals surface area (Å²) >= 11 is 0. The molecular weight excluding hydrogens is 148 g/mol. The maximum Gasteiger partial charge on any atom is 0.0952 e. The summed E-state index contributed by atoms with van der Waals surface area (Å²) in [5, 5.41) is 0. The van der Waals surface area contributed by atoms with Crippen molar-refractivity contribution in [2.45, 2.75) is 51.7 Å². The standard InChI is InChI=1S/C11H18O/c1-9(2)7-5-10(3)11(4,12-10)6-8(7)9/h7-8H,5-6H2,1-4H3. The largest absolute Gasteiger partial charge is 0.363 e. The van der Waals surface area contributed by atoms with E-state index in [9.17, 15) is 0 Å². The van der Waals surface area contributed by atoms with Crippen LogP contribution in [0.25, 0.3) is 0 Å². The van der Waals surface area contributed by atoms with Gasteiger partial charge in [-0.05, 0) is 43.9 Å². The van der Waals surface area contributed by atoms with E-state index in [1.54, 1.807) is 0 Å². The summed E-state index contributed by atoms with van der Waals surface area (Å²) in [7, 11) is 0. The van der Waals surface area contributed by atoms with Crippen molar-refractivity contribution in [1.29, 1.82) is 0 Å². The molecule has 4 atom stereocenters. The zero-order chi connectivity index (χ0) is 8.78. The van der Waals surface area contributed by atoms with Crippen LogP contribution in [0.2, 0.25) is 0 Å². The van der Waals surface area contributed by atoms with Crippen molar-refractivity contribution in [1.82, 2.24) is 0 Å². The number of hydrogen-bond acceptors (Lipinski definition) is 1. The predicted octanol–water partition coefficient (Wildman–Crippen LogP) is 2.60. The molecule has 1 aliphatic heterocycles. The highest BCUT2D eigenvalue weighted by molar-refractivity contribution is 5.24. The summed E-state index contributed by atoms with van der Waals surface area (Å²) < 4.78 is 5.85. The van der Waals surface area contributed by atoms with Crippen LogP contribution in [0.5, 0.6) is 0 Å². The molecule has 0 radical (unpaired) electrons. The lowest BCUT2D eigenvalue weighted by atomic mass is 9.82. The minimum Gasteiger partial charge on any atom is -0.363 e. The Morgan fingerprint density at radius 2 is 1.33 bits per heavy atom. The predicted molar refractivity (Wildman–Crippen MR) is 47.9 cm³/mol. The van der Waals surface area contributed by atoms with Crippen LogP contribution in [-0.2, 0) is 4.74 Å². The van der Waals surface area contributed by atoms with Crippen LogP contribution in [0.4, 0.5) is 0 Å². The number of rotatable bonds is 0. The van der Waals surface area contributed by atoms with Crippen molar-refractivity contribution in [3.05, 3.63) is 0 Å². The van der Waals surface area contributed by atoms with Crippen molar-refractivity contribution in [3.63, 3.8) is 0 Å². The van der Waals surface area contributed by atoms with Gasteiger partial charge in [0.1, 0.15) is 0 Å². The molecule has 1 heteroatoms. The van der Waals surface area contributed by atoms with E-state index in [1.165, 1.54) is 12.8 Å². The molecule has 1 saturated heterocycles. The van der Waals surface area contributed by atoms with Gasteiger partial charge >= 0.3 is 0 Å². The van der Waals surface area contributed by atoms with Crippen LogP contribution in [0.3, 0.4) is 0 Å². The van der Waals surface area contributed by atoms with Crippen LogP contribution in [-0.4, -0.2) is 11.2 Å². The molecule has 0 spiro atoms. The summed E-state index contributed by atoms with van der Waals surface area (Å²) in [6.07, 6.45) is 2.61. The highest BCUT2D eigenvalue weighted by Crippen LogP contribution is 2.74. The number of fused-ring (bicyclic) bond motifs is 2. The number of ether oxygens (including phenoxy) is 1. The zero-order valence-electron chi connectivity index (χ0n) is 8.48. The summed E-state index contributed by atoms with van der Waals surface area (Å²) in [6, 6.07) is 0. The Bertz CT molecular complexity index is 234. The van der Waals surface area contributed by atoms with Crippen molar-refractivity contribution >= 4 is 0 Å². The highest BCUT2D eigenvalue weighted by atomic mass is 16.6. The maximum atomic E-state index is 5.85. The minimum absolute atomic E-state index is 0.252. The van der Waals surface area contributed by atoms with Gasteiger partial charge in [-0.1, -0.05) is 13.8 Å². The molecular formula is C11H18O. The Morgan fingerprint density at radius 1 is 0.917 bits per heavy atom. The molecule has 0 aromatic carbocycles. The average molecular weight is 166 g/mol. The Kier molecular flexibility index (Phi) is 0.919. The molecule has 68 valence electrons. The molecule has 0 aromatic heterocycles. The first-order chi connectivity index (χ1) is 5.39. The van der Waals surface area contributed by atoms with E-state index in [4.69, 9.17) is 4.74 Å². The third-order valence-corrected chi connectivity index (χ3v) is 5.03. The molecule has 3 aliphatic rings.